The van der Waals surface area contributed by atoms with Gasteiger partial charge in [0.05, 0.1) is 0 Å². The molecule has 1 aromatic carbocycles. The van der Waals surface area contributed by atoms with Gasteiger partial charge in [-0.1, -0.05) is 30.3 Å². The molecule has 1 amide bonds. The van der Waals surface area contributed by atoms with E-state index in [-0.39, 0.29) is 0 Å². The van der Waals surface area contributed by atoms with E-state index in [1.165, 1.54) is 11.6 Å². The second-order valence-electron chi connectivity index (χ2n) is 2.38. The second kappa shape index (κ2) is 4.27. The van der Waals surface area contributed by atoms with Crippen molar-refractivity contribution in [2.24, 2.45) is 0 Å². The van der Waals surface area contributed by atoms with Crippen LogP contribution in [0.1, 0.15) is 5.56 Å². The van der Waals surface area contributed by atoms with E-state index in [0.717, 1.165) is 0 Å². The first-order chi connectivity index (χ1) is 6.24. The summed E-state index contributed by atoms with van der Waals surface area (Å²) in [7, 11) is 0. The summed E-state index contributed by atoms with van der Waals surface area (Å²) in [5.74, 6) is -1.46. The molecule has 0 aliphatic heterocycles. The van der Waals surface area contributed by atoms with Crippen molar-refractivity contribution in [2.45, 2.75) is 0 Å². The van der Waals surface area contributed by atoms with Crippen LogP contribution >= 0.6 is 0 Å². The summed E-state index contributed by atoms with van der Waals surface area (Å²) in [5.41, 5.74) is 2.01. The summed E-state index contributed by atoms with van der Waals surface area (Å²) in [6.07, 6.45) is 1.26. The zero-order valence-electron chi connectivity index (χ0n) is 6.77. The summed E-state index contributed by atoms with van der Waals surface area (Å²) < 4.78 is 0. The van der Waals surface area contributed by atoms with Crippen molar-refractivity contribution in [1.82, 2.24) is 5.48 Å². The van der Waals surface area contributed by atoms with E-state index in [1.807, 2.05) is 6.07 Å². The number of benzene rings is 1. The number of nitrogens with one attached hydrogen (secondary N) is 1. The Balaban J connectivity index is 2.83. The number of carbonyl (C=O) groups excluding carboxylic acids is 1. The smallest absolute Gasteiger partial charge is 0.309 e. The Labute approximate surface area is 75.1 Å². The number of hydrogen-bond donors (Lipinski definition) is 3. The Morgan fingerprint density at radius 1 is 1.31 bits per heavy atom. The SMILES string of the molecule is O=C(NO)C(O)=Cc1ccccc1. The first-order valence-corrected chi connectivity index (χ1v) is 3.64. The maximum atomic E-state index is 10.6. The van der Waals surface area contributed by atoms with E-state index >= 15 is 0 Å². The van der Waals surface area contributed by atoms with Crippen LogP contribution in [0, 0.1) is 0 Å². The molecule has 0 aliphatic carbocycles. The Morgan fingerprint density at radius 3 is 2.46 bits per heavy atom. The van der Waals surface area contributed by atoms with Gasteiger partial charge in [0.25, 0.3) is 0 Å². The van der Waals surface area contributed by atoms with Gasteiger partial charge in [-0.2, -0.15) is 0 Å². The number of aliphatic hydroxyl groups is 1. The third-order valence-corrected chi connectivity index (χ3v) is 1.44. The molecule has 0 fully saturated rings. The lowest BCUT2D eigenvalue weighted by Gasteiger charge is -1.96. The van der Waals surface area contributed by atoms with Crippen LogP contribution < -0.4 is 5.48 Å². The van der Waals surface area contributed by atoms with Gasteiger partial charge in [-0.3, -0.25) is 10.0 Å². The summed E-state index contributed by atoms with van der Waals surface area (Å²) in [6, 6.07) is 8.81. The standard InChI is InChI=1S/C9H9NO3/c11-8(9(12)10-13)6-7-4-2-1-3-5-7/h1-6,11,13H,(H,10,12). The highest BCUT2D eigenvalue weighted by Crippen LogP contribution is 2.03. The number of carbonyl (C=O) groups is 1. The molecule has 0 atom stereocenters. The predicted octanol–water partition coefficient (Wildman–Crippen LogP) is 1.09. The van der Waals surface area contributed by atoms with Gasteiger partial charge in [-0.15, -0.1) is 0 Å². The maximum absolute atomic E-state index is 10.6. The molecule has 13 heavy (non-hydrogen) atoms. The van der Waals surface area contributed by atoms with Crippen LogP contribution in [-0.4, -0.2) is 16.2 Å². The van der Waals surface area contributed by atoms with Gasteiger partial charge in [-0.25, -0.2) is 5.48 Å². The van der Waals surface area contributed by atoms with Crippen molar-refractivity contribution < 1.29 is 15.1 Å². The Hall–Kier alpha value is -1.81. The van der Waals surface area contributed by atoms with Crippen molar-refractivity contribution in [3.05, 3.63) is 41.7 Å². The molecule has 0 heterocycles. The number of hydroxylamine groups is 1. The quantitative estimate of drug-likeness (QED) is 0.275. The molecule has 0 saturated carbocycles. The maximum Gasteiger partial charge on any atom is 0.309 e. The summed E-state index contributed by atoms with van der Waals surface area (Å²) in [4.78, 5) is 10.6. The topological polar surface area (TPSA) is 69.6 Å². The molecule has 0 spiro atoms. The molecule has 0 aliphatic rings. The lowest BCUT2D eigenvalue weighted by Crippen LogP contribution is -2.20. The highest BCUT2D eigenvalue weighted by Gasteiger charge is 2.04. The number of rotatable bonds is 2. The molecule has 68 valence electrons. The predicted molar refractivity (Wildman–Crippen MR) is 47.0 cm³/mol. The molecular weight excluding hydrogens is 170 g/mol. The summed E-state index contributed by atoms with van der Waals surface area (Å²) in [5, 5.41) is 17.2. The third-order valence-electron chi connectivity index (χ3n) is 1.44. The van der Waals surface area contributed by atoms with Gasteiger partial charge < -0.3 is 5.11 Å². The first kappa shape index (κ1) is 9.28. The fraction of sp³-hybridized carbons (Fsp3) is 0. The second-order valence-corrected chi connectivity index (χ2v) is 2.38. The van der Waals surface area contributed by atoms with Crippen LogP contribution in [0.3, 0.4) is 0 Å². The zero-order valence-corrected chi connectivity index (χ0v) is 6.77. The van der Waals surface area contributed by atoms with Crippen LogP contribution in [0.5, 0.6) is 0 Å². The van der Waals surface area contributed by atoms with Crippen LogP contribution in [0.15, 0.2) is 36.1 Å². The molecule has 0 unspecified atom stereocenters. The summed E-state index contributed by atoms with van der Waals surface area (Å²) >= 11 is 0. The van der Waals surface area contributed by atoms with Crippen LogP contribution in [0.4, 0.5) is 0 Å². The van der Waals surface area contributed by atoms with Crippen LogP contribution in [0.2, 0.25) is 0 Å². The van der Waals surface area contributed by atoms with Gasteiger partial charge >= 0.3 is 5.91 Å². The molecule has 1 aromatic rings. The van der Waals surface area contributed by atoms with Crippen molar-refractivity contribution in [3.63, 3.8) is 0 Å². The molecule has 0 saturated heterocycles. The molecule has 0 aromatic heterocycles. The van der Waals surface area contributed by atoms with Gasteiger partial charge in [0.2, 0.25) is 0 Å². The first-order valence-electron chi connectivity index (χ1n) is 3.64. The Kier molecular flexibility index (Phi) is 3.05. The van der Waals surface area contributed by atoms with Crippen molar-refractivity contribution in [1.29, 1.82) is 0 Å². The Bertz CT molecular complexity index is 319. The van der Waals surface area contributed by atoms with Crippen LogP contribution in [-0.2, 0) is 4.79 Å². The molecule has 4 heteroatoms. The Morgan fingerprint density at radius 2 is 1.92 bits per heavy atom. The van der Waals surface area contributed by atoms with Gasteiger partial charge in [0.15, 0.2) is 5.76 Å². The fourth-order valence-electron chi connectivity index (χ4n) is 0.830. The van der Waals surface area contributed by atoms with E-state index in [9.17, 15) is 4.79 Å². The minimum Gasteiger partial charge on any atom is -0.503 e. The van der Waals surface area contributed by atoms with Crippen LogP contribution in [0.25, 0.3) is 6.08 Å². The molecule has 1 rings (SSSR count). The highest BCUT2D eigenvalue weighted by molar-refractivity contribution is 5.94. The molecule has 0 bridgehead atoms. The monoisotopic (exact) mass is 179 g/mol. The number of amides is 1. The van der Waals surface area contributed by atoms with Gasteiger partial charge in [0, 0.05) is 0 Å². The van der Waals surface area contributed by atoms with E-state index in [1.54, 1.807) is 24.3 Å². The zero-order chi connectivity index (χ0) is 9.68. The van der Waals surface area contributed by atoms with E-state index < -0.39 is 11.7 Å². The lowest BCUT2D eigenvalue weighted by atomic mass is 10.2. The van der Waals surface area contributed by atoms with E-state index in [4.69, 9.17) is 10.3 Å². The average molecular weight is 179 g/mol. The van der Waals surface area contributed by atoms with Gasteiger partial charge in [-0.05, 0) is 11.6 Å². The normalized spacial score (nSPS) is 11.0. The van der Waals surface area contributed by atoms with Gasteiger partial charge in [0.1, 0.15) is 0 Å². The molecule has 3 N–H and O–H groups in total. The molecule has 0 radical (unpaired) electrons. The fourth-order valence-corrected chi connectivity index (χ4v) is 0.830. The summed E-state index contributed by atoms with van der Waals surface area (Å²) in [6.45, 7) is 0. The molecule has 4 nitrogen and oxygen atoms in total. The van der Waals surface area contributed by atoms with Crippen molar-refractivity contribution in [3.8, 4) is 0 Å². The average Bonchev–Trinajstić information content (AvgIpc) is 2.18. The van der Waals surface area contributed by atoms with E-state index in [0.29, 0.717) is 5.56 Å². The van der Waals surface area contributed by atoms with Crippen molar-refractivity contribution in [2.75, 3.05) is 0 Å². The molecular formula is C9H9NO3. The number of hydrogen-bond acceptors (Lipinski definition) is 3. The number of aliphatic hydroxyl groups excluding tert-OH is 1. The minimum absolute atomic E-state index is 0.534. The largest absolute Gasteiger partial charge is 0.503 e. The minimum atomic E-state index is -0.927. The van der Waals surface area contributed by atoms with Crippen molar-refractivity contribution >= 4 is 12.0 Å². The van der Waals surface area contributed by atoms with E-state index in [2.05, 4.69) is 0 Å². The highest BCUT2D eigenvalue weighted by atomic mass is 16.5. The lowest BCUT2D eigenvalue weighted by molar-refractivity contribution is -0.127. The third kappa shape index (κ3) is 2.61.